The van der Waals surface area contributed by atoms with Crippen LogP contribution in [0.3, 0.4) is 0 Å². The SMILES string of the molecule is CC(C)(C)OC(=O)N1CCC(N2CCC(CO)CC2)CC1. The molecular weight excluding hydrogens is 268 g/mol. The normalized spacial score (nSPS) is 23.3. The van der Waals surface area contributed by atoms with E-state index in [1.54, 1.807) is 0 Å². The van der Waals surface area contributed by atoms with Gasteiger partial charge in [0, 0.05) is 25.7 Å². The summed E-state index contributed by atoms with van der Waals surface area (Å²) in [6.45, 7) is 9.80. The summed E-state index contributed by atoms with van der Waals surface area (Å²) in [6, 6.07) is 0.586. The molecule has 2 aliphatic rings. The Labute approximate surface area is 128 Å². The number of piperidine rings is 2. The van der Waals surface area contributed by atoms with E-state index in [0.717, 1.165) is 51.9 Å². The summed E-state index contributed by atoms with van der Waals surface area (Å²) in [5, 5.41) is 9.20. The van der Waals surface area contributed by atoms with E-state index in [4.69, 9.17) is 4.74 Å². The van der Waals surface area contributed by atoms with E-state index in [1.807, 2.05) is 25.7 Å². The summed E-state index contributed by atoms with van der Waals surface area (Å²) < 4.78 is 5.43. The van der Waals surface area contributed by atoms with Crippen LogP contribution in [-0.4, -0.2) is 65.4 Å². The quantitative estimate of drug-likeness (QED) is 0.848. The highest BCUT2D eigenvalue weighted by atomic mass is 16.6. The largest absolute Gasteiger partial charge is 0.444 e. The molecule has 0 unspecified atom stereocenters. The zero-order valence-corrected chi connectivity index (χ0v) is 13.7. The number of likely N-dealkylation sites (tertiary alicyclic amines) is 2. The highest BCUT2D eigenvalue weighted by Gasteiger charge is 2.31. The van der Waals surface area contributed by atoms with Gasteiger partial charge in [0.1, 0.15) is 5.60 Å². The molecule has 0 aromatic rings. The molecule has 2 aliphatic heterocycles. The van der Waals surface area contributed by atoms with Gasteiger partial charge in [-0.3, -0.25) is 0 Å². The predicted molar refractivity (Wildman–Crippen MR) is 82.2 cm³/mol. The number of ether oxygens (including phenoxy) is 1. The molecule has 0 spiro atoms. The Hall–Kier alpha value is -0.810. The summed E-state index contributed by atoms with van der Waals surface area (Å²) in [5.74, 6) is 0.489. The molecule has 2 heterocycles. The molecule has 5 heteroatoms. The summed E-state index contributed by atoms with van der Waals surface area (Å²) in [5.41, 5.74) is -0.417. The van der Waals surface area contributed by atoms with Gasteiger partial charge in [0.2, 0.25) is 0 Å². The molecule has 122 valence electrons. The van der Waals surface area contributed by atoms with Gasteiger partial charge in [-0.2, -0.15) is 0 Å². The molecule has 2 rings (SSSR count). The molecule has 1 N–H and O–H groups in total. The maximum Gasteiger partial charge on any atom is 0.410 e. The van der Waals surface area contributed by atoms with Crippen molar-refractivity contribution < 1.29 is 14.6 Å². The number of carbonyl (C=O) groups is 1. The molecule has 0 aromatic carbocycles. The average Bonchev–Trinajstić information content (AvgIpc) is 2.46. The van der Waals surface area contributed by atoms with Crippen LogP contribution in [0.2, 0.25) is 0 Å². The van der Waals surface area contributed by atoms with Crippen LogP contribution in [0.15, 0.2) is 0 Å². The molecule has 0 aromatic heterocycles. The third-order valence-corrected chi connectivity index (χ3v) is 4.54. The molecule has 0 saturated carbocycles. The van der Waals surface area contributed by atoms with E-state index in [9.17, 15) is 9.90 Å². The van der Waals surface area contributed by atoms with Gasteiger partial charge in [-0.1, -0.05) is 0 Å². The smallest absolute Gasteiger partial charge is 0.410 e. The van der Waals surface area contributed by atoms with Crippen LogP contribution in [0.5, 0.6) is 0 Å². The summed E-state index contributed by atoms with van der Waals surface area (Å²) in [7, 11) is 0. The molecule has 1 amide bonds. The minimum Gasteiger partial charge on any atom is -0.444 e. The van der Waals surface area contributed by atoms with Crippen LogP contribution < -0.4 is 0 Å². The fraction of sp³-hybridized carbons (Fsp3) is 0.938. The minimum atomic E-state index is -0.417. The van der Waals surface area contributed by atoms with E-state index < -0.39 is 5.60 Å². The molecule has 0 aliphatic carbocycles. The molecule has 0 atom stereocenters. The van der Waals surface area contributed by atoms with Gasteiger partial charge in [-0.25, -0.2) is 4.79 Å². The van der Waals surface area contributed by atoms with Crippen LogP contribution >= 0.6 is 0 Å². The summed E-state index contributed by atoms with van der Waals surface area (Å²) in [4.78, 5) is 16.4. The second-order valence-electron chi connectivity index (χ2n) is 7.36. The van der Waals surface area contributed by atoms with Crippen molar-refractivity contribution in [3.8, 4) is 0 Å². The van der Waals surface area contributed by atoms with Crippen LogP contribution in [-0.2, 0) is 4.74 Å². The highest BCUT2D eigenvalue weighted by molar-refractivity contribution is 5.68. The zero-order valence-electron chi connectivity index (χ0n) is 13.7. The van der Waals surface area contributed by atoms with Crippen LogP contribution in [0.25, 0.3) is 0 Å². The molecule has 0 radical (unpaired) electrons. The van der Waals surface area contributed by atoms with Crippen LogP contribution in [0.1, 0.15) is 46.5 Å². The van der Waals surface area contributed by atoms with Gasteiger partial charge in [0.25, 0.3) is 0 Å². The second-order valence-corrected chi connectivity index (χ2v) is 7.36. The highest BCUT2D eigenvalue weighted by Crippen LogP contribution is 2.24. The Kier molecular flexibility index (Phi) is 5.49. The van der Waals surface area contributed by atoms with E-state index >= 15 is 0 Å². The van der Waals surface area contributed by atoms with Gasteiger partial charge in [-0.15, -0.1) is 0 Å². The van der Waals surface area contributed by atoms with Crippen molar-refractivity contribution >= 4 is 6.09 Å². The van der Waals surface area contributed by atoms with Gasteiger partial charge in [0.15, 0.2) is 0 Å². The third kappa shape index (κ3) is 4.85. The molecule has 2 saturated heterocycles. The fourth-order valence-electron chi connectivity index (χ4n) is 3.24. The Morgan fingerprint density at radius 1 is 1.10 bits per heavy atom. The zero-order chi connectivity index (χ0) is 15.5. The lowest BCUT2D eigenvalue weighted by Gasteiger charge is -2.41. The summed E-state index contributed by atoms with van der Waals surface area (Å²) in [6.07, 6.45) is 4.08. The maximum atomic E-state index is 12.0. The number of nitrogens with zero attached hydrogens (tertiary/aromatic N) is 2. The molecule has 5 nitrogen and oxygen atoms in total. The summed E-state index contributed by atoms with van der Waals surface area (Å²) >= 11 is 0. The maximum absolute atomic E-state index is 12.0. The molecule has 21 heavy (non-hydrogen) atoms. The number of hydrogen-bond acceptors (Lipinski definition) is 4. The van der Waals surface area contributed by atoms with Crippen LogP contribution in [0.4, 0.5) is 4.79 Å². The molecular formula is C16H30N2O3. The first-order valence-corrected chi connectivity index (χ1v) is 8.22. The second kappa shape index (κ2) is 6.97. The van der Waals surface area contributed by atoms with E-state index in [1.165, 1.54) is 0 Å². The number of hydrogen-bond donors (Lipinski definition) is 1. The number of aliphatic hydroxyl groups excluding tert-OH is 1. The van der Waals surface area contributed by atoms with Gasteiger partial charge < -0.3 is 19.6 Å². The van der Waals surface area contributed by atoms with Gasteiger partial charge in [0.05, 0.1) is 0 Å². The van der Waals surface area contributed by atoms with E-state index in [0.29, 0.717) is 18.6 Å². The monoisotopic (exact) mass is 298 g/mol. The van der Waals surface area contributed by atoms with Crippen LogP contribution in [0, 0.1) is 5.92 Å². The Balaban J connectivity index is 1.75. The van der Waals surface area contributed by atoms with E-state index in [-0.39, 0.29) is 6.09 Å². The number of rotatable bonds is 2. The standard InChI is InChI=1S/C16H30N2O3/c1-16(2,3)21-15(20)18-10-6-14(7-11-18)17-8-4-13(12-19)5-9-17/h13-14,19H,4-12H2,1-3H3. The lowest BCUT2D eigenvalue weighted by atomic mass is 9.94. The fourth-order valence-corrected chi connectivity index (χ4v) is 3.24. The van der Waals surface area contributed by atoms with Crippen molar-refractivity contribution in [2.75, 3.05) is 32.8 Å². The topological polar surface area (TPSA) is 53.0 Å². The average molecular weight is 298 g/mol. The van der Waals surface area contributed by atoms with Gasteiger partial charge in [-0.05, 0) is 65.5 Å². The lowest BCUT2D eigenvalue weighted by Crippen LogP contribution is -2.50. The number of carbonyl (C=O) groups excluding carboxylic acids is 1. The first-order valence-electron chi connectivity index (χ1n) is 8.22. The van der Waals surface area contributed by atoms with E-state index in [2.05, 4.69) is 4.90 Å². The Morgan fingerprint density at radius 2 is 1.67 bits per heavy atom. The molecule has 0 bridgehead atoms. The molecule has 2 fully saturated rings. The Morgan fingerprint density at radius 3 is 2.14 bits per heavy atom. The van der Waals surface area contributed by atoms with Gasteiger partial charge >= 0.3 is 6.09 Å². The first-order chi connectivity index (χ1) is 9.89. The minimum absolute atomic E-state index is 0.181. The first kappa shape index (κ1) is 16.6. The third-order valence-electron chi connectivity index (χ3n) is 4.54. The predicted octanol–water partition coefficient (Wildman–Crippen LogP) is 2.09. The lowest BCUT2D eigenvalue weighted by molar-refractivity contribution is 0.0107. The Bertz CT molecular complexity index is 338. The number of amides is 1. The number of aliphatic hydroxyl groups is 1. The van der Waals surface area contributed by atoms with Crippen molar-refractivity contribution in [3.05, 3.63) is 0 Å². The van der Waals surface area contributed by atoms with Crippen molar-refractivity contribution in [2.24, 2.45) is 5.92 Å². The van der Waals surface area contributed by atoms with Crippen molar-refractivity contribution in [2.45, 2.75) is 58.1 Å². The van der Waals surface area contributed by atoms with Crippen molar-refractivity contribution in [1.29, 1.82) is 0 Å². The van der Waals surface area contributed by atoms with Crippen molar-refractivity contribution in [3.63, 3.8) is 0 Å². The van der Waals surface area contributed by atoms with Crippen molar-refractivity contribution in [1.82, 2.24) is 9.80 Å².